The number of rotatable bonds is 14. The van der Waals surface area contributed by atoms with Crippen molar-refractivity contribution >= 4 is 73.5 Å². The molecule has 2 saturated carbocycles. The van der Waals surface area contributed by atoms with E-state index in [4.69, 9.17) is 38.0 Å². The number of alkyl halides is 2. The molecule has 1 aromatic heterocycles. The summed E-state index contributed by atoms with van der Waals surface area (Å²) in [4.78, 5) is 62.0. The Morgan fingerprint density at radius 1 is 1.00 bits per heavy atom. The van der Waals surface area contributed by atoms with Crippen LogP contribution in [0.2, 0.25) is 5.02 Å². The molecule has 4 aromatic rings. The van der Waals surface area contributed by atoms with Crippen molar-refractivity contribution in [2.45, 2.75) is 94.2 Å². The van der Waals surface area contributed by atoms with Crippen molar-refractivity contribution in [1.29, 1.82) is 0 Å². The summed E-state index contributed by atoms with van der Waals surface area (Å²) in [5.74, 6) is -3.43. The van der Waals surface area contributed by atoms with Crippen molar-refractivity contribution in [3.63, 3.8) is 0 Å². The molecule has 4 amide bonds. The molecule has 350 valence electrons. The quantitative estimate of drug-likeness (QED) is 0.105. The number of nitrogens with zero attached hydrogens (tertiary/aromatic N) is 2. The molecule has 3 fully saturated rings. The first-order valence-electron chi connectivity index (χ1n) is 21.5. The summed E-state index contributed by atoms with van der Waals surface area (Å²) in [6.45, 7) is 5.03. The van der Waals surface area contributed by atoms with Gasteiger partial charge in [-0.15, -0.1) is 0 Å². The van der Waals surface area contributed by atoms with Gasteiger partial charge in [0.25, 0.3) is 5.91 Å². The van der Waals surface area contributed by atoms with Crippen molar-refractivity contribution in [1.82, 2.24) is 30.6 Å². The van der Waals surface area contributed by atoms with E-state index >= 15 is 0 Å². The molecule has 15 nitrogen and oxygen atoms in total. The van der Waals surface area contributed by atoms with Crippen LogP contribution in [0.25, 0.3) is 21.9 Å². The molecule has 3 aromatic carbocycles. The van der Waals surface area contributed by atoms with Crippen LogP contribution in [-0.2, 0) is 29.1 Å². The van der Waals surface area contributed by atoms with Crippen LogP contribution in [0.3, 0.4) is 0 Å². The fourth-order valence-electron chi connectivity index (χ4n) is 8.97. The van der Waals surface area contributed by atoms with Crippen molar-refractivity contribution in [3.8, 4) is 22.8 Å². The van der Waals surface area contributed by atoms with Crippen LogP contribution in [0, 0.1) is 11.3 Å². The third-order valence-electron chi connectivity index (χ3n) is 12.6. The summed E-state index contributed by atoms with van der Waals surface area (Å²) in [7, 11) is -2.64. The molecule has 5 atom stereocenters. The normalized spacial score (nSPS) is 21.6. The monoisotopic (exact) mass is 966 g/mol. The van der Waals surface area contributed by atoms with Crippen LogP contribution in [-0.4, -0.2) is 103 Å². The molecule has 1 saturated heterocycles. The zero-order valence-electron chi connectivity index (χ0n) is 36.4. The van der Waals surface area contributed by atoms with Gasteiger partial charge in [0.15, 0.2) is 5.11 Å². The Bertz CT molecular complexity index is 2670. The van der Waals surface area contributed by atoms with Crippen LogP contribution in [0.4, 0.5) is 13.6 Å². The first kappa shape index (κ1) is 46.9. The second-order valence-electron chi connectivity index (χ2n) is 18.2. The standard InChI is InChI=1S/C46H49ClF2N6O9S2/c1-45(2,3)38(51-43(65)52-44(59)63-23-34-30-11-7-5-9-28(30)29-10-6-8-12-31(29)34)41(57)55-22-26(64-40-33-18-25(47)13-16-32(33)36(62-4)21-50-40)19-35(55)39(56)53-46(20-24(46)17-37(48)49)42(58)54-66(60,61)27-14-15-27/h5-13,16,18,21,24,26-27,34-35,37-38H,14-15,17,19-20,22-23H2,1-4H3,(H,53,56)(H,54,58)(H2,51,52,59,65)/t24-,26?,35?,38-,46-/m1/s1. The molecule has 1 aliphatic heterocycles. The third kappa shape index (κ3) is 9.60. The second kappa shape index (κ2) is 18.2. The number of benzene rings is 3. The van der Waals surface area contributed by atoms with Crippen molar-refractivity contribution < 1.29 is 50.6 Å². The van der Waals surface area contributed by atoms with E-state index in [0.29, 0.717) is 34.4 Å². The summed E-state index contributed by atoms with van der Waals surface area (Å²) < 4.78 is 72.8. The summed E-state index contributed by atoms with van der Waals surface area (Å²) in [6, 6.07) is 18.2. The number of methoxy groups -OCH3 is 1. The van der Waals surface area contributed by atoms with Crippen molar-refractivity contribution in [2.75, 3.05) is 20.3 Å². The van der Waals surface area contributed by atoms with Gasteiger partial charge in [-0.05, 0) is 83.3 Å². The number of pyridine rings is 1. The predicted octanol–water partition coefficient (Wildman–Crippen LogP) is 6.21. The average Bonchev–Trinajstić information content (AvgIpc) is 4.17. The molecule has 2 heterocycles. The molecule has 0 radical (unpaired) electrons. The highest BCUT2D eigenvalue weighted by atomic mass is 35.5. The predicted molar refractivity (Wildman–Crippen MR) is 245 cm³/mol. The molecule has 0 spiro atoms. The van der Waals surface area contributed by atoms with E-state index in [1.807, 2.05) is 53.3 Å². The highest BCUT2D eigenvalue weighted by molar-refractivity contribution is 7.91. The maximum absolute atomic E-state index is 14.9. The van der Waals surface area contributed by atoms with Crippen LogP contribution in [0.15, 0.2) is 72.9 Å². The number of halogens is 3. The Hall–Kier alpha value is -5.66. The number of nitrogens with one attached hydrogen (secondary N) is 4. The highest BCUT2D eigenvalue weighted by Crippen LogP contribution is 2.49. The van der Waals surface area contributed by atoms with Crippen LogP contribution >= 0.6 is 23.8 Å². The van der Waals surface area contributed by atoms with E-state index in [9.17, 15) is 36.4 Å². The van der Waals surface area contributed by atoms with Gasteiger partial charge in [-0.25, -0.2) is 27.0 Å². The van der Waals surface area contributed by atoms with Gasteiger partial charge in [-0.2, -0.15) is 0 Å². The Morgan fingerprint density at radius 3 is 2.29 bits per heavy atom. The summed E-state index contributed by atoms with van der Waals surface area (Å²) in [5, 5.41) is 8.48. The Kier molecular flexibility index (Phi) is 12.9. The van der Waals surface area contributed by atoms with E-state index in [2.05, 4.69) is 20.9 Å². The van der Waals surface area contributed by atoms with Gasteiger partial charge >= 0.3 is 6.09 Å². The lowest BCUT2D eigenvalue weighted by Crippen LogP contribution is -2.61. The Morgan fingerprint density at radius 2 is 1.67 bits per heavy atom. The first-order chi connectivity index (χ1) is 31.3. The number of likely N-dealkylation sites (tertiary alicyclic amines) is 1. The van der Waals surface area contributed by atoms with Crippen molar-refractivity contribution in [2.24, 2.45) is 11.3 Å². The fraction of sp³-hybridized carbons (Fsp3) is 0.435. The van der Waals surface area contributed by atoms with Gasteiger partial charge in [-0.3, -0.25) is 24.4 Å². The minimum absolute atomic E-state index is 0.00476. The van der Waals surface area contributed by atoms with E-state index < -0.39 is 87.0 Å². The smallest absolute Gasteiger partial charge is 0.413 e. The SMILES string of the molecule is COc1cnc(OC2CC(C(=O)N[C@]3(C(=O)NS(=O)(=O)C4CC4)C[C@H]3CC(F)F)N(C(=O)[C@@H](NC(=S)NC(=O)OCC3c4ccccc4-c4ccccc43)C(C)(C)C)C2)c2cc(Cl)ccc12. The Balaban J connectivity index is 1.03. The zero-order chi connectivity index (χ0) is 47.3. The topological polar surface area (TPSA) is 194 Å². The molecular formula is C46H49ClF2N6O9S2. The number of aromatic nitrogens is 1. The summed E-state index contributed by atoms with van der Waals surface area (Å²) in [6.07, 6.45) is -3.70. The summed E-state index contributed by atoms with van der Waals surface area (Å²) >= 11 is 11.9. The molecule has 66 heavy (non-hydrogen) atoms. The minimum atomic E-state index is -4.12. The number of alkyl carbamates (subject to hydrolysis) is 1. The van der Waals surface area contributed by atoms with Gasteiger partial charge in [0, 0.05) is 34.6 Å². The van der Waals surface area contributed by atoms with Gasteiger partial charge in [0.2, 0.25) is 34.1 Å². The number of carbonyl (C=O) groups is 4. The number of carbonyl (C=O) groups excluding carboxylic acids is 4. The Labute approximate surface area is 390 Å². The van der Waals surface area contributed by atoms with Crippen LogP contribution in [0.5, 0.6) is 11.6 Å². The van der Waals surface area contributed by atoms with Crippen LogP contribution < -0.4 is 30.1 Å². The van der Waals surface area contributed by atoms with Gasteiger partial charge in [0.05, 0.1) is 25.1 Å². The van der Waals surface area contributed by atoms with E-state index in [1.54, 1.807) is 39.0 Å². The second-order valence-corrected chi connectivity index (χ2v) is 21.0. The molecule has 20 heteroatoms. The van der Waals surface area contributed by atoms with Crippen LogP contribution in [0.1, 0.15) is 69.9 Å². The lowest BCUT2D eigenvalue weighted by atomic mass is 9.85. The lowest BCUT2D eigenvalue weighted by molar-refractivity contribution is -0.142. The largest absolute Gasteiger partial charge is 0.494 e. The maximum Gasteiger partial charge on any atom is 0.413 e. The number of sulfonamides is 1. The van der Waals surface area contributed by atoms with Gasteiger partial charge < -0.3 is 29.7 Å². The average molecular weight is 968 g/mol. The third-order valence-corrected chi connectivity index (χ3v) is 14.9. The molecule has 3 aliphatic carbocycles. The number of hydrogen-bond donors (Lipinski definition) is 4. The molecule has 2 unspecified atom stereocenters. The van der Waals surface area contributed by atoms with Crippen molar-refractivity contribution in [3.05, 3.63) is 89.1 Å². The van der Waals surface area contributed by atoms with E-state index in [-0.39, 0.29) is 42.9 Å². The molecule has 4 N–H and O–H groups in total. The van der Waals surface area contributed by atoms with Gasteiger partial charge in [0.1, 0.15) is 36.1 Å². The number of amides is 4. The number of hydrogen-bond acceptors (Lipinski definition) is 11. The number of thiocarbonyl (C=S) groups is 1. The van der Waals surface area contributed by atoms with E-state index in [1.165, 1.54) is 18.2 Å². The fourth-order valence-corrected chi connectivity index (χ4v) is 10.7. The first-order valence-corrected chi connectivity index (χ1v) is 23.8. The molecule has 4 aliphatic rings. The maximum atomic E-state index is 14.9. The lowest BCUT2D eigenvalue weighted by Gasteiger charge is -2.36. The molecule has 0 bridgehead atoms. The minimum Gasteiger partial charge on any atom is -0.494 e. The van der Waals surface area contributed by atoms with E-state index in [0.717, 1.165) is 22.3 Å². The highest BCUT2D eigenvalue weighted by Gasteiger charge is 2.63. The number of fused-ring (bicyclic) bond motifs is 4. The zero-order valence-corrected chi connectivity index (χ0v) is 38.8. The molecular weight excluding hydrogens is 918 g/mol. The number of ether oxygens (including phenoxy) is 3. The molecule has 8 rings (SSSR count). The van der Waals surface area contributed by atoms with Gasteiger partial charge in [-0.1, -0.05) is 80.9 Å². The summed E-state index contributed by atoms with van der Waals surface area (Å²) in [5.41, 5.74) is 1.22.